The summed E-state index contributed by atoms with van der Waals surface area (Å²) in [7, 11) is 0. The summed E-state index contributed by atoms with van der Waals surface area (Å²) >= 11 is 0. The fourth-order valence-corrected chi connectivity index (χ4v) is 7.65. The van der Waals surface area contributed by atoms with Crippen molar-refractivity contribution in [1.82, 2.24) is 25.6 Å². The summed E-state index contributed by atoms with van der Waals surface area (Å²) in [6.45, 7) is 8.47. The second-order valence-corrected chi connectivity index (χ2v) is 17.7. The van der Waals surface area contributed by atoms with Crippen LogP contribution in [0.15, 0.2) is 24.4 Å². The predicted octanol–water partition coefficient (Wildman–Crippen LogP) is 11.8. The van der Waals surface area contributed by atoms with Gasteiger partial charge < -0.3 is 30.0 Å². The molecule has 0 saturated heterocycles. The van der Waals surface area contributed by atoms with Crippen molar-refractivity contribution in [1.29, 1.82) is 0 Å². The Morgan fingerprint density at radius 3 is 1.56 bits per heavy atom. The molecule has 12 nitrogen and oxygen atoms in total. The van der Waals surface area contributed by atoms with E-state index in [-0.39, 0.29) is 17.8 Å². The third-order valence-electron chi connectivity index (χ3n) is 11.6. The minimum atomic E-state index is -0.380. The number of hydrogen-bond donors (Lipinski definition) is 3. The van der Waals surface area contributed by atoms with Gasteiger partial charge in [0.25, 0.3) is 0 Å². The number of ether oxygens (including phenoxy) is 3. The standard InChI is InChI=1S/C52H91N5O7/c1-3-5-7-25-35-53-50(59)33-23-20-30-39-62-48-42-46(43-49(44-48)63-40-31-21-24-34-51(60)54-36-26-8-6-4-2)52(61)64-41-29-19-15-11-12-16-22-32-47-45-57(56-55-47)37-27-17-13-9-10-14-18-28-38-58/h42-45,58H,3-41H2,1-2H3,(H,53,59)(H,54,60). The Kier molecular flexibility index (Phi) is 36.0. The fraction of sp³-hybridized carbons (Fsp3) is 0.788. The molecule has 0 aliphatic heterocycles. The van der Waals surface area contributed by atoms with Crippen LogP contribution < -0.4 is 20.1 Å². The van der Waals surface area contributed by atoms with Gasteiger partial charge >= 0.3 is 5.97 Å². The molecule has 2 rings (SSSR count). The summed E-state index contributed by atoms with van der Waals surface area (Å²) in [5.41, 5.74) is 1.50. The number of nitrogens with one attached hydrogen (secondary N) is 2. The van der Waals surface area contributed by atoms with E-state index < -0.39 is 0 Å². The maximum absolute atomic E-state index is 13.2. The van der Waals surface area contributed by atoms with Gasteiger partial charge in [-0.15, -0.1) is 5.10 Å². The molecule has 0 unspecified atom stereocenters. The van der Waals surface area contributed by atoms with Crippen LogP contribution >= 0.6 is 0 Å². The molecule has 2 aromatic rings. The second-order valence-electron chi connectivity index (χ2n) is 17.7. The van der Waals surface area contributed by atoms with Crippen LogP contribution in [0.1, 0.15) is 229 Å². The first-order chi connectivity index (χ1) is 31.4. The zero-order chi connectivity index (χ0) is 46.0. The van der Waals surface area contributed by atoms with Crippen molar-refractivity contribution >= 4 is 17.8 Å². The maximum Gasteiger partial charge on any atom is 0.338 e. The SMILES string of the molecule is CCCCCCNC(=O)CCCCCOc1cc(OCCCCCC(=O)NCCCCCC)cc(C(=O)OCCCCCCCCCc2cn(CCCCCCCCCCO)nn2)c1. The van der Waals surface area contributed by atoms with E-state index >= 15 is 0 Å². The highest BCUT2D eigenvalue weighted by Gasteiger charge is 2.13. The molecule has 0 saturated carbocycles. The molecule has 0 aliphatic carbocycles. The van der Waals surface area contributed by atoms with Gasteiger partial charge in [-0.1, -0.05) is 128 Å². The number of aliphatic hydroxyl groups excluding tert-OH is 1. The summed E-state index contributed by atoms with van der Waals surface area (Å²) in [4.78, 5) is 37.5. The molecule has 1 aromatic heterocycles. The average molecular weight is 898 g/mol. The second kappa shape index (κ2) is 40.8. The molecule has 0 radical (unpaired) electrons. The van der Waals surface area contributed by atoms with Gasteiger partial charge in [-0.25, -0.2) is 4.79 Å². The van der Waals surface area contributed by atoms with Gasteiger partial charge in [0.05, 0.1) is 31.1 Å². The van der Waals surface area contributed by atoms with Crippen molar-refractivity contribution in [2.45, 2.75) is 226 Å². The number of nitrogens with zero attached hydrogens (tertiary/aromatic N) is 3. The number of esters is 1. The highest BCUT2D eigenvalue weighted by molar-refractivity contribution is 5.90. The number of aliphatic hydroxyl groups is 1. The van der Waals surface area contributed by atoms with Crippen molar-refractivity contribution in [3.63, 3.8) is 0 Å². The molecule has 12 heteroatoms. The third kappa shape index (κ3) is 32.1. The number of aryl methyl sites for hydroxylation is 2. The Hall–Kier alpha value is -3.67. The maximum atomic E-state index is 13.2. The van der Waals surface area contributed by atoms with Crippen molar-refractivity contribution < 1.29 is 33.7 Å². The van der Waals surface area contributed by atoms with Crippen molar-refractivity contribution in [2.75, 3.05) is 39.5 Å². The lowest BCUT2D eigenvalue weighted by molar-refractivity contribution is -0.122. The van der Waals surface area contributed by atoms with Crippen molar-refractivity contribution in [2.24, 2.45) is 0 Å². The van der Waals surface area contributed by atoms with E-state index in [1.165, 1.54) is 77.0 Å². The minimum absolute atomic E-state index is 0.117. The van der Waals surface area contributed by atoms with Gasteiger partial charge in [0.15, 0.2) is 0 Å². The van der Waals surface area contributed by atoms with Crippen molar-refractivity contribution in [3.8, 4) is 11.5 Å². The van der Waals surface area contributed by atoms with Crippen LogP contribution in [0, 0.1) is 0 Å². The zero-order valence-electron chi connectivity index (χ0n) is 40.6. The molecule has 0 bridgehead atoms. The lowest BCUT2D eigenvalue weighted by Gasteiger charge is -2.13. The largest absolute Gasteiger partial charge is 0.493 e. The number of hydrogen-bond acceptors (Lipinski definition) is 9. The first kappa shape index (κ1) is 56.5. The first-order valence-electron chi connectivity index (χ1n) is 26.1. The molecule has 3 N–H and O–H groups in total. The van der Waals surface area contributed by atoms with E-state index in [0.29, 0.717) is 56.3 Å². The molecule has 0 aliphatic rings. The minimum Gasteiger partial charge on any atom is -0.493 e. The molecule has 0 atom stereocenters. The highest BCUT2D eigenvalue weighted by Crippen LogP contribution is 2.25. The average Bonchev–Trinajstić information content (AvgIpc) is 3.75. The summed E-state index contributed by atoms with van der Waals surface area (Å²) in [6.07, 6.45) is 35.4. The van der Waals surface area contributed by atoms with Gasteiger partial charge in [0.2, 0.25) is 11.8 Å². The van der Waals surface area contributed by atoms with E-state index in [4.69, 9.17) is 19.3 Å². The number of rotatable bonds is 45. The van der Waals surface area contributed by atoms with Gasteiger partial charge in [0.1, 0.15) is 11.5 Å². The molecule has 64 heavy (non-hydrogen) atoms. The Morgan fingerprint density at radius 1 is 0.547 bits per heavy atom. The van der Waals surface area contributed by atoms with E-state index in [1.54, 1.807) is 12.1 Å². The molecular weight excluding hydrogens is 807 g/mol. The van der Waals surface area contributed by atoms with E-state index in [9.17, 15) is 14.4 Å². The Balaban J connectivity index is 1.66. The van der Waals surface area contributed by atoms with Gasteiger partial charge in [-0.2, -0.15) is 0 Å². The number of carbonyl (C=O) groups is 3. The number of carbonyl (C=O) groups excluding carboxylic acids is 3. The fourth-order valence-electron chi connectivity index (χ4n) is 7.65. The van der Waals surface area contributed by atoms with Crippen LogP contribution in [0.25, 0.3) is 0 Å². The molecule has 1 aromatic carbocycles. The van der Waals surface area contributed by atoms with E-state index in [1.807, 2.05) is 10.7 Å². The lowest BCUT2D eigenvalue weighted by atomic mass is 10.1. The summed E-state index contributed by atoms with van der Waals surface area (Å²) in [6, 6.07) is 5.29. The zero-order valence-corrected chi connectivity index (χ0v) is 40.6. The Morgan fingerprint density at radius 2 is 1.02 bits per heavy atom. The van der Waals surface area contributed by atoms with Crippen LogP contribution in [0.3, 0.4) is 0 Å². The molecule has 1 heterocycles. The van der Waals surface area contributed by atoms with Crippen LogP contribution in [-0.2, 0) is 27.3 Å². The summed E-state index contributed by atoms with van der Waals surface area (Å²) < 4.78 is 19.9. The van der Waals surface area contributed by atoms with Crippen LogP contribution in [0.2, 0.25) is 0 Å². The smallest absolute Gasteiger partial charge is 0.338 e. The van der Waals surface area contributed by atoms with Gasteiger partial charge in [-0.05, 0) is 95.6 Å². The van der Waals surface area contributed by atoms with Gasteiger partial charge in [-0.3, -0.25) is 14.3 Å². The molecular formula is C52H91N5O7. The van der Waals surface area contributed by atoms with E-state index in [2.05, 4.69) is 41.0 Å². The van der Waals surface area contributed by atoms with Crippen molar-refractivity contribution in [3.05, 3.63) is 35.7 Å². The molecule has 0 spiro atoms. The third-order valence-corrected chi connectivity index (χ3v) is 11.6. The van der Waals surface area contributed by atoms with E-state index in [0.717, 1.165) is 141 Å². The Bertz CT molecular complexity index is 1380. The highest BCUT2D eigenvalue weighted by atomic mass is 16.5. The predicted molar refractivity (Wildman–Crippen MR) is 259 cm³/mol. The summed E-state index contributed by atoms with van der Waals surface area (Å²) in [5.74, 6) is 0.989. The van der Waals surface area contributed by atoms with Crippen LogP contribution in [0.4, 0.5) is 0 Å². The molecule has 0 fully saturated rings. The molecule has 366 valence electrons. The topological polar surface area (TPSA) is 154 Å². The first-order valence-corrected chi connectivity index (χ1v) is 26.1. The monoisotopic (exact) mass is 898 g/mol. The van der Waals surface area contributed by atoms with Gasteiger partial charge in [0, 0.05) is 51.3 Å². The normalized spacial score (nSPS) is 11.2. The quantitative estimate of drug-likeness (QED) is 0.0435. The number of aromatic nitrogens is 3. The van der Waals surface area contributed by atoms with Crippen LogP contribution in [0.5, 0.6) is 11.5 Å². The Labute approximate surface area is 388 Å². The summed E-state index contributed by atoms with van der Waals surface area (Å²) in [5, 5.41) is 23.6. The number of benzene rings is 1. The lowest BCUT2D eigenvalue weighted by Crippen LogP contribution is -2.23. The van der Waals surface area contributed by atoms with Crippen LogP contribution in [-0.4, -0.2) is 77.4 Å². The number of amides is 2. The number of unbranched alkanes of at least 4 members (excludes halogenated alkanes) is 23. The molecule has 2 amide bonds.